The third-order valence-corrected chi connectivity index (χ3v) is 4.82. The second-order valence-corrected chi connectivity index (χ2v) is 6.16. The number of hydrogen-bond donors (Lipinski definition) is 0. The van der Waals surface area contributed by atoms with Crippen LogP contribution in [-0.4, -0.2) is 7.11 Å². The fraction of sp³-hybridized carbons (Fsp3) is 0.278. The Morgan fingerprint density at radius 1 is 1.24 bits per heavy atom. The SMILES string of the molecule is COc1ccc(C2CC2(C)c2ccc(C#N)cc2)c(Cl)c1. The van der Waals surface area contributed by atoms with Crippen LogP contribution in [0.15, 0.2) is 42.5 Å². The van der Waals surface area contributed by atoms with Gasteiger partial charge in [-0.3, -0.25) is 0 Å². The van der Waals surface area contributed by atoms with Gasteiger partial charge < -0.3 is 4.74 Å². The summed E-state index contributed by atoms with van der Waals surface area (Å²) in [6.07, 6.45) is 1.07. The van der Waals surface area contributed by atoms with E-state index in [1.165, 1.54) is 11.1 Å². The molecule has 21 heavy (non-hydrogen) atoms. The Morgan fingerprint density at radius 3 is 2.52 bits per heavy atom. The molecule has 0 radical (unpaired) electrons. The Kier molecular flexibility index (Phi) is 3.39. The summed E-state index contributed by atoms with van der Waals surface area (Å²) in [6, 6.07) is 15.9. The number of methoxy groups -OCH3 is 1. The molecular weight excluding hydrogens is 282 g/mol. The number of benzene rings is 2. The van der Waals surface area contributed by atoms with Crippen LogP contribution in [0.25, 0.3) is 0 Å². The molecule has 1 aliphatic carbocycles. The number of nitriles is 1. The van der Waals surface area contributed by atoms with Crippen LogP contribution in [0.1, 0.15) is 36.0 Å². The number of ether oxygens (including phenoxy) is 1. The summed E-state index contributed by atoms with van der Waals surface area (Å²) in [5, 5.41) is 9.64. The molecule has 106 valence electrons. The van der Waals surface area contributed by atoms with E-state index < -0.39 is 0 Å². The predicted molar refractivity (Wildman–Crippen MR) is 83.9 cm³/mol. The average molecular weight is 298 g/mol. The summed E-state index contributed by atoms with van der Waals surface area (Å²) in [5.74, 6) is 1.20. The zero-order valence-electron chi connectivity index (χ0n) is 12.1. The van der Waals surface area contributed by atoms with E-state index in [1.807, 2.05) is 24.3 Å². The van der Waals surface area contributed by atoms with Crippen molar-refractivity contribution in [1.82, 2.24) is 0 Å². The Balaban J connectivity index is 1.88. The van der Waals surface area contributed by atoms with Crippen molar-refractivity contribution in [2.45, 2.75) is 24.7 Å². The van der Waals surface area contributed by atoms with Gasteiger partial charge in [-0.2, -0.15) is 5.26 Å². The summed E-state index contributed by atoms with van der Waals surface area (Å²) in [6.45, 7) is 2.25. The fourth-order valence-corrected chi connectivity index (χ4v) is 3.28. The standard InChI is InChI=1S/C18H16ClNO/c1-18(13-5-3-12(11-20)4-6-13)10-16(18)15-8-7-14(21-2)9-17(15)19/h3-9,16H,10H2,1-2H3. The van der Waals surface area contributed by atoms with Gasteiger partial charge in [0.2, 0.25) is 0 Å². The Labute approximate surface area is 129 Å². The van der Waals surface area contributed by atoms with Gasteiger partial charge in [0.25, 0.3) is 0 Å². The van der Waals surface area contributed by atoms with Gasteiger partial charge in [0, 0.05) is 10.4 Å². The van der Waals surface area contributed by atoms with Crippen molar-refractivity contribution in [2.24, 2.45) is 0 Å². The highest BCUT2D eigenvalue weighted by Gasteiger charge is 2.52. The monoisotopic (exact) mass is 297 g/mol. The van der Waals surface area contributed by atoms with Crippen molar-refractivity contribution >= 4 is 11.6 Å². The molecule has 0 bridgehead atoms. The molecule has 2 atom stereocenters. The molecule has 0 N–H and O–H groups in total. The molecule has 2 nitrogen and oxygen atoms in total. The molecule has 1 fully saturated rings. The summed E-state index contributed by atoms with van der Waals surface area (Å²) < 4.78 is 5.20. The average Bonchev–Trinajstić information content (AvgIpc) is 3.20. The number of halogens is 1. The lowest BCUT2D eigenvalue weighted by Crippen LogP contribution is -2.04. The van der Waals surface area contributed by atoms with Crippen LogP contribution in [-0.2, 0) is 5.41 Å². The van der Waals surface area contributed by atoms with Gasteiger partial charge in [-0.1, -0.05) is 36.7 Å². The summed E-state index contributed by atoms with van der Waals surface area (Å²) in [5.41, 5.74) is 3.23. The van der Waals surface area contributed by atoms with Gasteiger partial charge in [-0.15, -0.1) is 0 Å². The molecule has 0 heterocycles. The van der Waals surface area contributed by atoms with Crippen LogP contribution in [0.3, 0.4) is 0 Å². The largest absolute Gasteiger partial charge is 0.497 e. The van der Waals surface area contributed by atoms with Crippen molar-refractivity contribution in [3.8, 4) is 11.8 Å². The van der Waals surface area contributed by atoms with Gasteiger partial charge in [-0.05, 0) is 47.7 Å². The second-order valence-electron chi connectivity index (χ2n) is 5.75. The van der Waals surface area contributed by atoms with E-state index in [0.29, 0.717) is 11.5 Å². The van der Waals surface area contributed by atoms with Crippen molar-refractivity contribution < 1.29 is 4.74 Å². The molecule has 0 saturated heterocycles. The van der Waals surface area contributed by atoms with Crippen LogP contribution >= 0.6 is 11.6 Å². The fourth-order valence-electron chi connectivity index (χ4n) is 2.98. The van der Waals surface area contributed by atoms with Crippen LogP contribution in [0.4, 0.5) is 0 Å². The second kappa shape index (κ2) is 5.09. The zero-order valence-corrected chi connectivity index (χ0v) is 12.8. The van der Waals surface area contributed by atoms with Gasteiger partial charge in [-0.25, -0.2) is 0 Å². The zero-order chi connectivity index (χ0) is 15.0. The quantitative estimate of drug-likeness (QED) is 0.825. The van der Waals surface area contributed by atoms with Gasteiger partial charge >= 0.3 is 0 Å². The van der Waals surface area contributed by atoms with E-state index in [9.17, 15) is 0 Å². The van der Waals surface area contributed by atoms with Crippen molar-refractivity contribution in [3.63, 3.8) is 0 Å². The van der Waals surface area contributed by atoms with E-state index in [2.05, 4.69) is 31.2 Å². The lowest BCUT2D eigenvalue weighted by atomic mass is 9.92. The van der Waals surface area contributed by atoms with Gasteiger partial charge in [0.1, 0.15) is 5.75 Å². The minimum absolute atomic E-state index is 0.103. The van der Waals surface area contributed by atoms with E-state index >= 15 is 0 Å². The van der Waals surface area contributed by atoms with Crippen molar-refractivity contribution in [3.05, 3.63) is 64.2 Å². The smallest absolute Gasteiger partial charge is 0.120 e. The first kappa shape index (κ1) is 14.0. The normalized spacial score (nSPS) is 23.4. The molecule has 0 aliphatic heterocycles. The Hall–Kier alpha value is -1.98. The lowest BCUT2D eigenvalue weighted by Gasteiger charge is -2.13. The van der Waals surface area contributed by atoms with Crippen LogP contribution in [0.2, 0.25) is 5.02 Å². The minimum Gasteiger partial charge on any atom is -0.497 e. The molecule has 0 aromatic heterocycles. The molecule has 2 aromatic rings. The topological polar surface area (TPSA) is 33.0 Å². The molecule has 2 unspecified atom stereocenters. The first-order valence-corrected chi connectivity index (χ1v) is 7.30. The van der Waals surface area contributed by atoms with Gasteiger partial charge in [0.15, 0.2) is 0 Å². The minimum atomic E-state index is 0.103. The maximum atomic E-state index is 8.88. The number of nitrogens with zero attached hydrogens (tertiary/aromatic N) is 1. The highest BCUT2D eigenvalue weighted by atomic mass is 35.5. The van der Waals surface area contributed by atoms with E-state index in [1.54, 1.807) is 7.11 Å². The Morgan fingerprint density at radius 2 is 1.95 bits per heavy atom. The maximum absolute atomic E-state index is 8.88. The van der Waals surface area contributed by atoms with E-state index in [4.69, 9.17) is 21.6 Å². The van der Waals surface area contributed by atoms with E-state index in [0.717, 1.165) is 17.2 Å². The first-order chi connectivity index (χ1) is 10.1. The molecule has 1 aliphatic rings. The molecule has 3 heteroatoms. The van der Waals surface area contributed by atoms with Crippen molar-refractivity contribution in [1.29, 1.82) is 5.26 Å². The first-order valence-electron chi connectivity index (χ1n) is 6.92. The third-order valence-electron chi connectivity index (χ3n) is 4.49. The van der Waals surface area contributed by atoms with E-state index in [-0.39, 0.29) is 5.41 Å². The molecule has 1 saturated carbocycles. The van der Waals surface area contributed by atoms with Crippen molar-refractivity contribution in [2.75, 3.05) is 7.11 Å². The summed E-state index contributed by atoms with van der Waals surface area (Å²) in [7, 11) is 1.64. The summed E-state index contributed by atoms with van der Waals surface area (Å²) in [4.78, 5) is 0. The predicted octanol–water partition coefficient (Wildman–Crippen LogP) is 4.67. The summed E-state index contributed by atoms with van der Waals surface area (Å²) >= 11 is 6.38. The lowest BCUT2D eigenvalue weighted by molar-refractivity contribution is 0.414. The van der Waals surface area contributed by atoms with Gasteiger partial charge in [0.05, 0.1) is 18.7 Å². The highest BCUT2D eigenvalue weighted by Crippen LogP contribution is 2.61. The highest BCUT2D eigenvalue weighted by molar-refractivity contribution is 6.31. The maximum Gasteiger partial charge on any atom is 0.120 e. The molecule has 0 amide bonds. The molecular formula is C18H16ClNO. The molecule has 3 rings (SSSR count). The number of hydrogen-bond acceptors (Lipinski definition) is 2. The van der Waals surface area contributed by atoms with Crippen LogP contribution < -0.4 is 4.74 Å². The molecule has 2 aromatic carbocycles. The Bertz CT molecular complexity index is 717. The van der Waals surface area contributed by atoms with Crippen LogP contribution in [0.5, 0.6) is 5.75 Å². The molecule has 0 spiro atoms. The third kappa shape index (κ3) is 2.39. The van der Waals surface area contributed by atoms with Crippen LogP contribution in [0, 0.1) is 11.3 Å². The number of rotatable bonds is 3.